The van der Waals surface area contributed by atoms with Crippen LogP contribution in [0.1, 0.15) is 12.0 Å². The van der Waals surface area contributed by atoms with Gasteiger partial charge in [-0.1, -0.05) is 12.2 Å². The molecule has 0 atom stereocenters. The van der Waals surface area contributed by atoms with Crippen LogP contribution in [0.4, 0.5) is 23.2 Å². The first-order valence-corrected chi connectivity index (χ1v) is 8.11. The molecular formula is C17H23ClF4N2O2. The van der Waals surface area contributed by atoms with Crippen LogP contribution in [0.3, 0.4) is 0 Å². The molecule has 0 radical (unpaired) electrons. The van der Waals surface area contributed by atoms with Gasteiger partial charge in [0.2, 0.25) is 0 Å². The molecule has 148 valence electrons. The first-order valence-electron chi connectivity index (χ1n) is 8.11. The number of nitrogens with one attached hydrogen (secondary N) is 1. The average molecular weight is 399 g/mol. The highest BCUT2D eigenvalue weighted by atomic mass is 35.5. The second-order valence-electron chi connectivity index (χ2n) is 5.63. The zero-order valence-electron chi connectivity index (χ0n) is 14.5. The number of hydrogen-bond acceptors (Lipinski definition) is 4. The first-order chi connectivity index (χ1) is 12.1. The quantitative estimate of drug-likeness (QED) is 0.413. The topological polar surface area (TPSA) is 33.7 Å². The van der Waals surface area contributed by atoms with Crippen molar-refractivity contribution in [1.29, 1.82) is 0 Å². The third-order valence-corrected chi connectivity index (χ3v) is 3.88. The van der Waals surface area contributed by atoms with Crippen molar-refractivity contribution in [3.05, 3.63) is 34.9 Å². The van der Waals surface area contributed by atoms with Crippen molar-refractivity contribution >= 4 is 24.2 Å². The number of ether oxygens (including phenoxy) is 2. The van der Waals surface area contributed by atoms with Gasteiger partial charge >= 0.3 is 0 Å². The SMILES string of the molecule is COCCCNc1c(F)c(F)c(/C=C/CN2CCOCC2)c(F)c1F.Cl. The van der Waals surface area contributed by atoms with Gasteiger partial charge in [-0.3, -0.25) is 4.90 Å². The Hall–Kier alpha value is -1.35. The Kier molecular flexibility index (Phi) is 9.93. The Balaban J connectivity index is 0.00000338. The van der Waals surface area contributed by atoms with Crippen LogP contribution in [0.5, 0.6) is 0 Å². The van der Waals surface area contributed by atoms with Gasteiger partial charge in [0.25, 0.3) is 0 Å². The maximum Gasteiger partial charge on any atom is 0.185 e. The molecule has 1 aliphatic heterocycles. The van der Waals surface area contributed by atoms with Crippen LogP contribution in [-0.2, 0) is 9.47 Å². The second kappa shape index (κ2) is 11.4. The van der Waals surface area contributed by atoms with E-state index in [0.717, 1.165) is 6.08 Å². The molecule has 1 fully saturated rings. The number of nitrogens with zero attached hydrogens (tertiary/aromatic N) is 1. The van der Waals surface area contributed by atoms with Crippen LogP contribution >= 0.6 is 12.4 Å². The molecule has 9 heteroatoms. The number of anilines is 1. The zero-order valence-corrected chi connectivity index (χ0v) is 15.3. The van der Waals surface area contributed by atoms with E-state index in [1.165, 1.54) is 13.2 Å². The highest BCUT2D eigenvalue weighted by molar-refractivity contribution is 5.85. The van der Waals surface area contributed by atoms with Crippen LogP contribution in [-0.4, -0.2) is 58.0 Å². The van der Waals surface area contributed by atoms with Crippen LogP contribution < -0.4 is 5.32 Å². The Morgan fingerprint density at radius 3 is 2.27 bits per heavy atom. The van der Waals surface area contributed by atoms with Gasteiger partial charge in [-0.25, -0.2) is 17.6 Å². The lowest BCUT2D eigenvalue weighted by molar-refractivity contribution is 0.0435. The van der Waals surface area contributed by atoms with Crippen LogP contribution in [0.25, 0.3) is 6.08 Å². The van der Waals surface area contributed by atoms with Gasteiger partial charge in [0.1, 0.15) is 5.69 Å². The molecule has 26 heavy (non-hydrogen) atoms. The lowest BCUT2D eigenvalue weighted by Gasteiger charge is -2.25. The number of halogens is 5. The van der Waals surface area contributed by atoms with Crippen molar-refractivity contribution in [2.75, 3.05) is 58.4 Å². The lowest BCUT2D eigenvalue weighted by Crippen LogP contribution is -2.36. The predicted octanol–water partition coefficient (Wildman–Crippen LogP) is 3.46. The van der Waals surface area contributed by atoms with E-state index in [2.05, 4.69) is 5.32 Å². The van der Waals surface area contributed by atoms with E-state index in [1.807, 2.05) is 4.90 Å². The molecule has 4 nitrogen and oxygen atoms in total. The number of rotatable bonds is 8. The molecular weight excluding hydrogens is 376 g/mol. The largest absolute Gasteiger partial charge is 0.385 e. The predicted molar refractivity (Wildman–Crippen MR) is 94.8 cm³/mol. The fourth-order valence-electron chi connectivity index (χ4n) is 2.48. The molecule has 1 N–H and O–H groups in total. The fourth-order valence-corrected chi connectivity index (χ4v) is 2.48. The van der Waals surface area contributed by atoms with Crippen molar-refractivity contribution in [2.45, 2.75) is 6.42 Å². The smallest absolute Gasteiger partial charge is 0.185 e. The van der Waals surface area contributed by atoms with E-state index in [4.69, 9.17) is 9.47 Å². The van der Waals surface area contributed by atoms with Gasteiger partial charge in [0.15, 0.2) is 23.3 Å². The molecule has 1 aliphatic rings. The minimum atomic E-state index is -1.43. The maximum absolute atomic E-state index is 14.1. The summed E-state index contributed by atoms with van der Waals surface area (Å²) in [5.41, 5.74) is -1.51. The summed E-state index contributed by atoms with van der Waals surface area (Å²) < 4.78 is 66.3. The van der Waals surface area contributed by atoms with Crippen molar-refractivity contribution in [1.82, 2.24) is 4.90 Å². The monoisotopic (exact) mass is 398 g/mol. The van der Waals surface area contributed by atoms with Crippen molar-refractivity contribution in [3.63, 3.8) is 0 Å². The van der Waals surface area contributed by atoms with Crippen molar-refractivity contribution in [2.24, 2.45) is 0 Å². The van der Waals surface area contributed by atoms with E-state index < -0.39 is 34.5 Å². The third kappa shape index (κ3) is 5.84. The van der Waals surface area contributed by atoms with Gasteiger partial charge in [0.05, 0.1) is 18.8 Å². The van der Waals surface area contributed by atoms with E-state index in [9.17, 15) is 17.6 Å². The Morgan fingerprint density at radius 1 is 1.08 bits per heavy atom. The minimum Gasteiger partial charge on any atom is -0.385 e. The van der Waals surface area contributed by atoms with E-state index >= 15 is 0 Å². The highest BCUT2D eigenvalue weighted by Gasteiger charge is 2.24. The molecule has 1 aromatic rings. The van der Waals surface area contributed by atoms with Gasteiger partial charge in [-0.15, -0.1) is 12.4 Å². The summed E-state index contributed by atoms with van der Waals surface area (Å²) in [7, 11) is 1.48. The summed E-state index contributed by atoms with van der Waals surface area (Å²) >= 11 is 0. The van der Waals surface area contributed by atoms with Gasteiger partial charge in [-0.05, 0) is 6.42 Å². The fraction of sp³-hybridized carbons (Fsp3) is 0.529. The summed E-state index contributed by atoms with van der Waals surface area (Å²) in [6.07, 6.45) is 3.00. The molecule has 0 aliphatic carbocycles. The molecule has 1 heterocycles. The van der Waals surface area contributed by atoms with Gasteiger partial charge in [0, 0.05) is 39.9 Å². The van der Waals surface area contributed by atoms with E-state index in [1.54, 1.807) is 0 Å². The lowest BCUT2D eigenvalue weighted by atomic mass is 10.1. The average Bonchev–Trinajstić information content (AvgIpc) is 2.63. The molecule has 0 unspecified atom stereocenters. The molecule has 0 amide bonds. The molecule has 1 saturated heterocycles. The van der Waals surface area contributed by atoms with Crippen molar-refractivity contribution in [3.8, 4) is 0 Å². The molecule has 0 bridgehead atoms. The molecule has 0 aromatic heterocycles. The summed E-state index contributed by atoms with van der Waals surface area (Å²) in [6.45, 7) is 3.48. The normalized spacial score (nSPS) is 15.3. The standard InChI is InChI=1S/C17H22F4N2O2.ClH/c1-24-9-3-5-22-17-15(20)13(18)12(14(19)16(17)21)4-2-6-23-7-10-25-11-8-23;/h2,4,22H,3,5-11H2,1H3;1H/b4-2+;. The van der Waals surface area contributed by atoms with E-state index in [0.29, 0.717) is 45.9 Å². The van der Waals surface area contributed by atoms with Crippen LogP contribution in [0, 0.1) is 23.3 Å². The third-order valence-electron chi connectivity index (χ3n) is 3.88. The van der Waals surface area contributed by atoms with Crippen molar-refractivity contribution < 1.29 is 27.0 Å². The number of hydrogen-bond donors (Lipinski definition) is 1. The summed E-state index contributed by atoms with van der Waals surface area (Å²) in [4.78, 5) is 2.01. The Morgan fingerprint density at radius 2 is 1.69 bits per heavy atom. The second-order valence-corrected chi connectivity index (χ2v) is 5.63. The van der Waals surface area contributed by atoms with Crippen LogP contribution in [0.15, 0.2) is 6.08 Å². The number of methoxy groups -OCH3 is 1. The molecule has 0 saturated carbocycles. The summed E-state index contributed by atoms with van der Waals surface area (Å²) in [6, 6.07) is 0. The summed E-state index contributed by atoms with van der Waals surface area (Å²) in [5.74, 6) is -5.68. The molecule has 2 rings (SSSR count). The highest BCUT2D eigenvalue weighted by Crippen LogP contribution is 2.29. The number of morpholine rings is 1. The van der Waals surface area contributed by atoms with Crippen LogP contribution in [0.2, 0.25) is 0 Å². The van der Waals surface area contributed by atoms with E-state index in [-0.39, 0.29) is 19.0 Å². The number of benzene rings is 1. The minimum absolute atomic E-state index is 0. The first kappa shape index (κ1) is 22.7. The van der Waals surface area contributed by atoms with Gasteiger partial charge < -0.3 is 14.8 Å². The molecule has 1 aromatic carbocycles. The summed E-state index contributed by atoms with van der Waals surface area (Å²) in [5, 5.41) is 2.38. The molecule has 0 spiro atoms. The Bertz CT molecular complexity index is 582. The maximum atomic E-state index is 14.1. The Labute approximate surface area is 156 Å². The van der Waals surface area contributed by atoms with Gasteiger partial charge in [-0.2, -0.15) is 0 Å². The zero-order chi connectivity index (χ0) is 18.2.